The minimum atomic E-state index is 0.416. The molecule has 1 N–H and O–H groups in total. The van der Waals surface area contributed by atoms with Crippen LogP contribution in [0.2, 0.25) is 0 Å². The third-order valence-electron chi connectivity index (χ3n) is 4.55. The fourth-order valence-corrected chi connectivity index (χ4v) is 3.59. The molecule has 1 heterocycles. The van der Waals surface area contributed by atoms with Crippen molar-refractivity contribution in [3.63, 3.8) is 0 Å². The van der Waals surface area contributed by atoms with Gasteiger partial charge in [0.25, 0.3) is 0 Å². The molecule has 100 valence electrons. The maximum Gasteiger partial charge on any atom is 0.0702 e. The van der Waals surface area contributed by atoms with E-state index in [1.807, 2.05) is 0 Å². The fourth-order valence-electron chi connectivity index (χ4n) is 3.59. The Hall–Kier alpha value is -0.120. The van der Waals surface area contributed by atoms with E-state index in [0.29, 0.717) is 12.1 Å². The van der Waals surface area contributed by atoms with Gasteiger partial charge in [-0.25, -0.2) is 0 Å². The van der Waals surface area contributed by atoms with Crippen molar-refractivity contribution in [1.82, 2.24) is 10.2 Å². The Morgan fingerprint density at radius 3 is 2.76 bits per heavy atom. The van der Waals surface area contributed by atoms with Crippen molar-refractivity contribution in [2.45, 2.75) is 57.7 Å². The Labute approximate surface area is 106 Å². The molecule has 0 amide bonds. The molecule has 4 unspecified atom stereocenters. The van der Waals surface area contributed by atoms with Gasteiger partial charge >= 0.3 is 0 Å². The molecule has 0 bridgehead atoms. The Kier molecular flexibility index (Phi) is 4.83. The van der Waals surface area contributed by atoms with Crippen LogP contribution >= 0.6 is 0 Å². The smallest absolute Gasteiger partial charge is 0.0702 e. The predicted octanol–water partition coefficient (Wildman–Crippen LogP) is 1.87. The maximum atomic E-state index is 5.67. The summed E-state index contributed by atoms with van der Waals surface area (Å²) in [6, 6.07) is 1.39. The highest BCUT2D eigenvalue weighted by atomic mass is 16.5. The highest BCUT2D eigenvalue weighted by Gasteiger charge is 2.32. The van der Waals surface area contributed by atoms with Gasteiger partial charge in [0.05, 0.1) is 6.10 Å². The molecule has 1 aliphatic carbocycles. The molecular formula is C14H28N2O. The number of nitrogens with one attached hydrogen (secondary N) is 1. The zero-order valence-corrected chi connectivity index (χ0v) is 11.6. The summed E-state index contributed by atoms with van der Waals surface area (Å²) in [6.07, 6.45) is 5.77. The van der Waals surface area contributed by atoms with E-state index in [9.17, 15) is 0 Å². The summed E-state index contributed by atoms with van der Waals surface area (Å²) in [6.45, 7) is 7.71. The molecule has 0 aromatic carbocycles. The summed E-state index contributed by atoms with van der Waals surface area (Å²) in [7, 11) is 2.27. The molecule has 0 radical (unpaired) electrons. The molecule has 0 aromatic heterocycles. The molecule has 2 aliphatic rings. The van der Waals surface area contributed by atoms with Crippen LogP contribution in [-0.2, 0) is 4.74 Å². The lowest BCUT2D eigenvalue weighted by Crippen LogP contribution is -2.43. The van der Waals surface area contributed by atoms with Crippen LogP contribution in [0.3, 0.4) is 0 Å². The van der Waals surface area contributed by atoms with Crippen molar-refractivity contribution >= 4 is 0 Å². The van der Waals surface area contributed by atoms with Crippen LogP contribution in [0, 0.1) is 5.92 Å². The summed E-state index contributed by atoms with van der Waals surface area (Å²) < 4.78 is 5.67. The highest BCUT2D eigenvalue weighted by molar-refractivity contribution is 4.88. The van der Waals surface area contributed by atoms with Crippen LogP contribution in [0.25, 0.3) is 0 Å². The SMILES string of the molecule is CCNC1CCCC1CN(C)C1CCOC1C. The standard InChI is InChI=1S/C14H28N2O/c1-4-15-13-7-5-6-12(13)10-16(3)14-8-9-17-11(14)2/h11-15H,4-10H2,1-3H3. The van der Waals surface area contributed by atoms with Gasteiger partial charge in [-0.05, 0) is 45.7 Å². The molecule has 3 heteroatoms. The predicted molar refractivity (Wildman–Crippen MR) is 71.3 cm³/mol. The van der Waals surface area contributed by atoms with Crippen molar-refractivity contribution < 1.29 is 4.74 Å². The van der Waals surface area contributed by atoms with E-state index in [2.05, 4.69) is 31.1 Å². The van der Waals surface area contributed by atoms with Crippen molar-refractivity contribution in [2.75, 3.05) is 26.7 Å². The molecule has 17 heavy (non-hydrogen) atoms. The summed E-state index contributed by atoms with van der Waals surface area (Å²) in [5.74, 6) is 0.841. The first-order valence-electron chi connectivity index (χ1n) is 7.27. The second-order valence-corrected chi connectivity index (χ2v) is 5.73. The Bertz CT molecular complexity index is 234. The van der Waals surface area contributed by atoms with Gasteiger partial charge in [0, 0.05) is 25.2 Å². The average Bonchev–Trinajstić information content (AvgIpc) is 2.89. The van der Waals surface area contributed by atoms with Crippen molar-refractivity contribution in [1.29, 1.82) is 0 Å². The Balaban J connectivity index is 1.82. The van der Waals surface area contributed by atoms with Crippen LogP contribution < -0.4 is 5.32 Å². The molecule has 3 nitrogen and oxygen atoms in total. The van der Waals surface area contributed by atoms with E-state index in [1.165, 1.54) is 32.2 Å². The molecule has 1 aliphatic heterocycles. The number of hydrogen-bond acceptors (Lipinski definition) is 3. The third kappa shape index (κ3) is 3.21. The fraction of sp³-hybridized carbons (Fsp3) is 1.00. The number of likely N-dealkylation sites (N-methyl/N-ethyl adjacent to an activating group) is 1. The number of nitrogens with zero attached hydrogens (tertiary/aromatic N) is 1. The Morgan fingerprint density at radius 1 is 1.29 bits per heavy atom. The first-order valence-corrected chi connectivity index (χ1v) is 7.27. The van der Waals surface area contributed by atoms with Gasteiger partial charge in [-0.2, -0.15) is 0 Å². The first kappa shape index (κ1) is 13.3. The van der Waals surface area contributed by atoms with E-state index in [4.69, 9.17) is 4.74 Å². The second kappa shape index (κ2) is 6.17. The van der Waals surface area contributed by atoms with Crippen LogP contribution in [0.4, 0.5) is 0 Å². The van der Waals surface area contributed by atoms with E-state index in [0.717, 1.165) is 25.1 Å². The lowest BCUT2D eigenvalue weighted by atomic mass is 10.0. The zero-order valence-electron chi connectivity index (χ0n) is 11.6. The topological polar surface area (TPSA) is 24.5 Å². The monoisotopic (exact) mass is 240 g/mol. The minimum absolute atomic E-state index is 0.416. The van der Waals surface area contributed by atoms with Crippen molar-refractivity contribution in [3.05, 3.63) is 0 Å². The minimum Gasteiger partial charge on any atom is -0.377 e. The molecule has 4 atom stereocenters. The number of rotatable bonds is 5. The van der Waals surface area contributed by atoms with Gasteiger partial charge in [0.2, 0.25) is 0 Å². The van der Waals surface area contributed by atoms with E-state index >= 15 is 0 Å². The molecule has 1 saturated carbocycles. The van der Waals surface area contributed by atoms with Crippen molar-refractivity contribution in [2.24, 2.45) is 5.92 Å². The van der Waals surface area contributed by atoms with Gasteiger partial charge in [-0.1, -0.05) is 13.3 Å². The first-order chi connectivity index (χ1) is 8.22. The molecule has 0 aromatic rings. The van der Waals surface area contributed by atoms with E-state index in [1.54, 1.807) is 0 Å². The summed E-state index contributed by atoms with van der Waals surface area (Å²) in [4.78, 5) is 2.54. The summed E-state index contributed by atoms with van der Waals surface area (Å²) in [5, 5.41) is 3.64. The second-order valence-electron chi connectivity index (χ2n) is 5.73. The normalized spacial score (nSPS) is 38.1. The van der Waals surface area contributed by atoms with Gasteiger partial charge in [0.1, 0.15) is 0 Å². The molecule has 2 rings (SSSR count). The lowest BCUT2D eigenvalue weighted by molar-refractivity contribution is 0.0767. The number of ether oxygens (including phenoxy) is 1. The molecule has 1 saturated heterocycles. The number of hydrogen-bond donors (Lipinski definition) is 1. The lowest BCUT2D eigenvalue weighted by Gasteiger charge is -2.31. The average molecular weight is 240 g/mol. The molecule has 2 fully saturated rings. The Morgan fingerprint density at radius 2 is 2.12 bits per heavy atom. The van der Waals surface area contributed by atoms with Crippen LogP contribution in [-0.4, -0.2) is 49.8 Å². The van der Waals surface area contributed by atoms with E-state index in [-0.39, 0.29) is 0 Å². The van der Waals surface area contributed by atoms with Crippen LogP contribution in [0.1, 0.15) is 39.5 Å². The van der Waals surface area contributed by atoms with Gasteiger partial charge in [-0.15, -0.1) is 0 Å². The largest absolute Gasteiger partial charge is 0.377 e. The van der Waals surface area contributed by atoms with Gasteiger partial charge in [-0.3, -0.25) is 0 Å². The van der Waals surface area contributed by atoms with Crippen molar-refractivity contribution in [3.8, 4) is 0 Å². The van der Waals surface area contributed by atoms with Crippen LogP contribution in [0.5, 0.6) is 0 Å². The molecule has 0 spiro atoms. The quantitative estimate of drug-likeness (QED) is 0.794. The maximum absolute atomic E-state index is 5.67. The van der Waals surface area contributed by atoms with Gasteiger partial charge in [0.15, 0.2) is 0 Å². The van der Waals surface area contributed by atoms with E-state index < -0.39 is 0 Å². The molecular weight excluding hydrogens is 212 g/mol. The van der Waals surface area contributed by atoms with Crippen LogP contribution in [0.15, 0.2) is 0 Å². The summed E-state index contributed by atoms with van der Waals surface area (Å²) in [5.41, 5.74) is 0. The zero-order chi connectivity index (χ0) is 12.3. The summed E-state index contributed by atoms with van der Waals surface area (Å²) >= 11 is 0. The third-order valence-corrected chi connectivity index (χ3v) is 4.55. The van der Waals surface area contributed by atoms with Gasteiger partial charge < -0.3 is 15.0 Å². The highest BCUT2D eigenvalue weighted by Crippen LogP contribution is 2.28.